The Morgan fingerprint density at radius 1 is 0.923 bits per heavy atom. The van der Waals surface area contributed by atoms with Crippen molar-refractivity contribution in [1.82, 2.24) is 4.90 Å². The van der Waals surface area contributed by atoms with Crippen molar-refractivity contribution in [2.45, 2.75) is 25.9 Å². The van der Waals surface area contributed by atoms with Gasteiger partial charge in [-0.15, -0.1) is 0 Å². The minimum absolute atomic E-state index is 0.0400. The highest BCUT2D eigenvalue weighted by atomic mass is 16.2. The van der Waals surface area contributed by atoms with Crippen molar-refractivity contribution in [2.75, 3.05) is 37.6 Å². The molecule has 0 aromatic heterocycles. The van der Waals surface area contributed by atoms with Gasteiger partial charge in [0.1, 0.15) is 0 Å². The van der Waals surface area contributed by atoms with Crippen molar-refractivity contribution in [1.29, 1.82) is 0 Å². The van der Waals surface area contributed by atoms with Crippen LogP contribution in [0, 0.1) is 0 Å². The van der Waals surface area contributed by atoms with E-state index in [9.17, 15) is 4.79 Å². The number of nitrogens with zero attached hydrogens (tertiary/aromatic N) is 2. The summed E-state index contributed by atoms with van der Waals surface area (Å²) in [6.45, 7) is 7.79. The molecule has 2 aliphatic heterocycles. The molecule has 1 amide bonds. The Hall–Kier alpha value is -2.33. The molecule has 4 nitrogen and oxygen atoms in total. The number of amides is 1. The van der Waals surface area contributed by atoms with Crippen LogP contribution in [0.15, 0.2) is 54.6 Å². The van der Waals surface area contributed by atoms with Crippen LogP contribution in [0.1, 0.15) is 18.1 Å². The van der Waals surface area contributed by atoms with E-state index in [-0.39, 0.29) is 6.04 Å². The van der Waals surface area contributed by atoms with Gasteiger partial charge in [-0.25, -0.2) is 0 Å². The van der Waals surface area contributed by atoms with Gasteiger partial charge in [0.25, 0.3) is 5.91 Å². The van der Waals surface area contributed by atoms with E-state index in [0.29, 0.717) is 5.91 Å². The molecule has 4 heteroatoms. The maximum atomic E-state index is 13.1. The summed E-state index contributed by atoms with van der Waals surface area (Å²) in [5, 5.41) is 0. The lowest BCUT2D eigenvalue weighted by atomic mass is 9.99. The second-order valence-electron chi connectivity index (χ2n) is 7.48. The van der Waals surface area contributed by atoms with E-state index in [1.165, 1.54) is 21.7 Å². The Labute approximate surface area is 156 Å². The maximum absolute atomic E-state index is 13.1. The predicted molar refractivity (Wildman–Crippen MR) is 104 cm³/mol. The molecule has 1 fully saturated rings. The predicted octanol–water partition coefficient (Wildman–Crippen LogP) is 1.36. The molecule has 1 saturated heterocycles. The first kappa shape index (κ1) is 17.1. The van der Waals surface area contributed by atoms with E-state index in [0.717, 1.165) is 45.7 Å². The molecule has 4 rings (SSSR count). The van der Waals surface area contributed by atoms with E-state index in [4.69, 9.17) is 0 Å². The quantitative estimate of drug-likeness (QED) is 0.905. The summed E-state index contributed by atoms with van der Waals surface area (Å²) >= 11 is 0. The van der Waals surface area contributed by atoms with E-state index in [1.807, 2.05) is 0 Å². The van der Waals surface area contributed by atoms with Crippen LogP contribution in [0.4, 0.5) is 5.69 Å². The molecule has 2 heterocycles. The van der Waals surface area contributed by atoms with Gasteiger partial charge in [0, 0.05) is 18.8 Å². The lowest BCUT2D eigenvalue weighted by Gasteiger charge is -2.38. The monoisotopic (exact) mass is 350 g/mol. The summed E-state index contributed by atoms with van der Waals surface area (Å²) in [6, 6.07) is 19.1. The van der Waals surface area contributed by atoms with Gasteiger partial charge < -0.3 is 14.7 Å². The SMILES string of the molecule is C[C@@H](C(=O)N1CCc2ccccc2C1)[NH+]1CCN(c2ccccc2)CC1. The van der Waals surface area contributed by atoms with Gasteiger partial charge in [-0.05, 0) is 36.6 Å². The summed E-state index contributed by atoms with van der Waals surface area (Å²) < 4.78 is 0. The van der Waals surface area contributed by atoms with E-state index in [2.05, 4.69) is 71.3 Å². The van der Waals surface area contributed by atoms with E-state index >= 15 is 0 Å². The Morgan fingerprint density at radius 3 is 2.31 bits per heavy atom. The van der Waals surface area contributed by atoms with Crippen molar-refractivity contribution in [2.24, 2.45) is 0 Å². The zero-order valence-corrected chi connectivity index (χ0v) is 15.5. The van der Waals surface area contributed by atoms with E-state index < -0.39 is 0 Å². The van der Waals surface area contributed by atoms with Crippen molar-refractivity contribution in [3.05, 3.63) is 65.7 Å². The summed E-state index contributed by atoms with van der Waals surface area (Å²) in [7, 11) is 0. The number of hydrogen-bond donors (Lipinski definition) is 1. The molecule has 136 valence electrons. The average Bonchev–Trinajstić information content (AvgIpc) is 2.73. The van der Waals surface area contributed by atoms with Gasteiger partial charge in [0.2, 0.25) is 0 Å². The van der Waals surface area contributed by atoms with Gasteiger partial charge in [-0.2, -0.15) is 0 Å². The fraction of sp³-hybridized carbons (Fsp3) is 0.409. The van der Waals surface area contributed by atoms with Gasteiger partial charge in [-0.1, -0.05) is 42.5 Å². The second-order valence-corrected chi connectivity index (χ2v) is 7.48. The number of carbonyl (C=O) groups is 1. The topological polar surface area (TPSA) is 28.0 Å². The zero-order chi connectivity index (χ0) is 17.9. The number of rotatable bonds is 3. The van der Waals surface area contributed by atoms with Crippen LogP contribution in [0.3, 0.4) is 0 Å². The summed E-state index contributed by atoms with van der Waals surface area (Å²) in [5.41, 5.74) is 3.99. The van der Waals surface area contributed by atoms with Crippen molar-refractivity contribution in [3.63, 3.8) is 0 Å². The minimum Gasteiger partial charge on any atom is -0.360 e. The fourth-order valence-electron chi connectivity index (χ4n) is 4.26. The molecule has 0 bridgehead atoms. The van der Waals surface area contributed by atoms with Crippen LogP contribution in [0.25, 0.3) is 0 Å². The fourth-order valence-corrected chi connectivity index (χ4v) is 4.26. The van der Waals surface area contributed by atoms with Crippen molar-refractivity contribution >= 4 is 11.6 Å². The van der Waals surface area contributed by atoms with E-state index in [1.54, 1.807) is 0 Å². The lowest BCUT2D eigenvalue weighted by molar-refractivity contribution is -0.915. The Balaban J connectivity index is 1.35. The molecule has 2 aromatic carbocycles. The summed E-state index contributed by atoms with van der Waals surface area (Å²) in [5.74, 6) is 0.308. The average molecular weight is 350 g/mol. The number of piperazine rings is 1. The number of carbonyl (C=O) groups excluding carboxylic acids is 1. The number of hydrogen-bond acceptors (Lipinski definition) is 2. The molecule has 1 atom stereocenters. The molecular weight excluding hydrogens is 322 g/mol. The standard InChI is InChI=1S/C22H27N3O/c1-18(22(26)25-12-11-19-7-5-6-8-20(19)17-25)23-13-15-24(16-14-23)21-9-3-2-4-10-21/h2-10,18H,11-17H2,1H3/p+1/t18-/m0/s1. The third kappa shape index (κ3) is 3.47. The molecule has 0 unspecified atom stereocenters. The maximum Gasteiger partial charge on any atom is 0.280 e. The Bertz CT molecular complexity index is 753. The number of anilines is 1. The highest BCUT2D eigenvalue weighted by Crippen LogP contribution is 2.19. The smallest absolute Gasteiger partial charge is 0.280 e. The molecule has 2 aromatic rings. The molecule has 0 radical (unpaired) electrons. The normalized spacial score (nSPS) is 19.1. The molecular formula is C22H28N3O+. The molecule has 0 aliphatic carbocycles. The molecule has 0 saturated carbocycles. The third-order valence-electron chi connectivity index (χ3n) is 5.95. The third-order valence-corrected chi connectivity index (χ3v) is 5.95. The van der Waals surface area contributed by atoms with Gasteiger partial charge in [0.05, 0.1) is 26.2 Å². The van der Waals surface area contributed by atoms with Crippen LogP contribution < -0.4 is 9.80 Å². The Morgan fingerprint density at radius 2 is 1.58 bits per heavy atom. The molecule has 1 N–H and O–H groups in total. The first-order chi connectivity index (χ1) is 12.7. The highest BCUT2D eigenvalue weighted by Gasteiger charge is 2.33. The van der Waals surface area contributed by atoms with Crippen LogP contribution in [0.5, 0.6) is 0 Å². The lowest BCUT2D eigenvalue weighted by Crippen LogP contribution is -3.19. The first-order valence-electron chi connectivity index (χ1n) is 9.72. The van der Waals surface area contributed by atoms with Crippen LogP contribution in [0.2, 0.25) is 0 Å². The molecule has 26 heavy (non-hydrogen) atoms. The van der Waals surface area contributed by atoms with Crippen molar-refractivity contribution < 1.29 is 9.69 Å². The largest absolute Gasteiger partial charge is 0.360 e. The number of benzene rings is 2. The van der Waals surface area contributed by atoms with Crippen LogP contribution in [-0.4, -0.2) is 49.6 Å². The number of nitrogens with one attached hydrogen (secondary N) is 1. The number of quaternary nitrogens is 1. The number of para-hydroxylation sites is 1. The highest BCUT2D eigenvalue weighted by molar-refractivity contribution is 5.80. The summed E-state index contributed by atoms with van der Waals surface area (Å²) in [6.07, 6.45) is 0.978. The number of fused-ring (bicyclic) bond motifs is 1. The molecule has 0 spiro atoms. The van der Waals surface area contributed by atoms with Gasteiger partial charge in [-0.3, -0.25) is 4.79 Å². The second kappa shape index (κ2) is 7.50. The van der Waals surface area contributed by atoms with Gasteiger partial charge in [0.15, 0.2) is 6.04 Å². The van der Waals surface area contributed by atoms with Crippen LogP contribution in [-0.2, 0) is 17.8 Å². The van der Waals surface area contributed by atoms with Crippen molar-refractivity contribution in [3.8, 4) is 0 Å². The Kier molecular flexibility index (Phi) is 4.93. The minimum atomic E-state index is 0.0400. The first-order valence-corrected chi connectivity index (χ1v) is 9.72. The van der Waals surface area contributed by atoms with Gasteiger partial charge >= 0.3 is 0 Å². The van der Waals surface area contributed by atoms with Crippen LogP contribution >= 0.6 is 0 Å². The molecule has 2 aliphatic rings. The zero-order valence-electron chi connectivity index (χ0n) is 15.5. The summed E-state index contributed by atoms with van der Waals surface area (Å²) in [4.78, 5) is 19.0.